The fraction of sp³-hybridized carbons (Fsp3) is 0.500. The van der Waals surface area contributed by atoms with E-state index in [-0.39, 0.29) is 23.7 Å². The van der Waals surface area contributed by atoms with Crippen molar-refractivity contribution in [2.45, 2.75) is 51.6 Å². The third-order valence-electron chi connectivity index (χ3n) is 5.07. The molecule has 0 bridgehead atoms. The fourth-order valence-corrected chi connectivity index (χ4v) is 3.75. The monoisotopic (exact) mass is 354 g/mol. The number of hydrogen-bond donors (Lipinski definition) is 0. The van der Waals surface area contributed by atoms with E-state index in [4.69, 9.17) is 0 Å². The molecule has 0 radical (unpaired) electrons. The van der Waals surface area contributed by atoms with E-state index in [0.29, 0.717) is 6.54 Å². The van der Waals surface area contributed by atoms with Gasteiger partial charge in [-0.05, 0) is 30.5 Å². The lowest BCUT2D eigenvalue weighted by molar-refractivity contribution is -0.141. The van der Waals surface area contributed by atoms with Crippen LogP contribution < -0.4 is 0 Å². The van der Waals surface area contributed by atoms with Crippen LogP contribution in [-0.4, -0.2) is 37.7 Å². The van der Waals surface area contributed by atoms with Gasteiger partial charge in [-0.1, -0.05) is 26.2 Å². The Morgan fingerprint density at radius 3 is 2.50 bits per heavy atom. The van der Waals surface area contributed by atoms with Gasteiger partial charge in [-0.3, -0.25) is 14.6 Å². The second-order valence-electron chi connectivity index (χ2n) is 6.84. The number of nitrogens with zero attached hydrogens (tertiary/aromatic N) is 4. The molecule has 26 heavy (non-hydrogen) atoms. The lowest BCUT2D eigenvalue weighted by Gasteiger charge is -2.27. The summed E-state index contributed by atoms with van der Waals surface area (Å²) in [6, 6.07) is 3.68. The summed E-state index contributed by atoms with van der Waals surface area (Å²) < 4.78 is 1.99. The molecule has 0 aliphatic carbocycles. The summed E-state index contributed by atoms with van der Waals surface area (Å²) >= 11 is 0. The first-order valence-corrected chi connectivity index (χ1v) is 9.43. The van der Waals surface area contributed by atoms with Gasteiger partial charge in [0, 0.05) is 37.9 Å². The molecule has 0 N–H and O–H groups in total. The normalized spacial score (nSPS) is 20.1. The fourth-order valence-electron chi connectivity index (χ4n) is 3.75. The minimum Gasteiger partial charge on any atom is -0.337 e. The molecule has 0 saturated carbocycles. The molecule has 6 heteroatoms. The Labute approximate surface area is 154 Å². The lowest BCUT2D eigenvalue weighted by Crippen LogP contribution is -2.31. The van der Waals surface area contributed by atoms with E-state index >= 15 is 0 Å². The molecule has 2 aromatic heterocycles. The van der Waals surface area contributed by atoms with Gasteiger partial charge >= 0.3 is 0 Å². The molecule has 1 saturated heterocycles. The molecule has 1 aliphatic rings. The highest BCUT2D eigenvalue weighted by atomic mass is 16.2. The molecule has 2 atom stereocenters. The Kier molecular flexibility index (Phi) is 6.15. The van der Waals surface area contributed by atoms with Crippen LogP contribution >= 0.6 is 0 Å². The molecular weight excluding hydrogens is 328 g/mol. The number of unbranched alkanes of at least 4 members (excludes halogenated alkanes) is 2. The standard InChI is InChI=1S/C20H26N4O2/c1-2-3-4-6-17-18(16-7-9-21-10-8-16)24(20(26)19(17)25)13-5-12-23-14-11-22-15-23/h7-11,14-15,17-18H,2-6,12-13H2,1H3. The van der Waals surface area contributed by atoms with Gasteiger partial charge in [-0.2, -0.15) is 0 Å². The quantitative estimate of drug-likeness (QED) is 0.513. The molecule has 3 heterocycles. The van der Waals surface area contributed by atoms with Gasteiger partial charge < -0.3 is 9.47 Å². The topological polar surface area (TPSA) is 68.1 Å². The number of ketones is 1. The molecular formula is C20H26N4O2. The number of amides is 1. The number of likely N-dealkylation sites (tertiary alicyclic amines) is 1. The lowest BCUT2D eigenvalue weighted by atomic mass is 9.89. The summed E-state index contributed by atoms with van der Waals surface area (Å²) in [5.41, 5.74) is 1.00. The number of pyridine rings is 1. The smallest absolute Gasteiger partial charge is 0.290 e. The average Bonchev–Trinajstić information content (AvgIpc) is 3.26. The van der Waals surface area contributed by atoms with E-state index in [1.54, 1.807) is 29.8 Å². The van der Waals surface area contributed by atoms with E-state index in [1.165, 1.54) is 0 Å². The number of carbonyl (C=O) groups is 2. The molecule has 0 spiro atoms. The van der Waals surface area contributed by atoms with E-state index < -0.39 is 0 Å². The zero-order valence-electron chi connectivity index (χ0n) is 15.3. The Hall–Kier alpha value is -2.50. The van der Waals surface area contributed by atoms with Gasteiger partial charge in [-0.25, -0.2) is 4.98 Å². The summed E-state index contributed by atoms with van der Waals surface area (Å²) in [5.74, 6) is -0.811. The Balaban J connectivity index is 1.75. The van der Waals surface area contributed by atoms with Gasteiger partial charge in [-0.15, -0.1) is 0 Å². The van der Waals surface area contributed by atoms with Crippen molar-refractivity contribution >= 4 is 11.7 Å². The van der Waals surface area contributed by atoms with Crippen LogP contribution in [0.3, 0.4) is 0 Å². The molecule has 0 aromatic carbocycles. The van der Waals surface area contributed by atoms with Crippen LogP contribution in [0.25, 0.3) is 0 Å². The summed E-state index contributed by atoms with van der Waals surface area (Å²) in [6.07, 6.45) is 13.6. The summed E-state index contributed by atoms with van der Waals surface area (Å²) in [6.45, 7) is 3.49. The van der Waals surface area contributed by atoms with Crippen LogP contribution in [0.2, 0.25) is 0 Å². The van der Waals surface area contributed by atoms with E-state index in [0.717, 1.165) is 44.2 Å². The molecule has 2 aromatic rings. The van der Waals surface area contributed by atoms with Crippen LogP contribution in [0.5, 0.6) is 0 Å². The third-order valence-corrected chi connectivity index (χ3v) is 5.07. The maximum absolute atomic E-state index is 12.7. The maximum atomic E-state index is 12.7. The highest BCUT2D eigenvalue weighted by Gasteiger charge is 2.46. The number of imidazole rings is 1. The first-order chi connectivity index (χ1) is 12.7. The van der Waals surface area contributed by atoms with Gasteiger partial charge in [0.15, 0.2) is 0 Å². The highest BCUT2D eigenvalue weighted by Crippen LogP contribution is 2.38. The van der Waals surface area contributed by atoms with Crippen molar-refractivity contribution in [1.82, 2.24) is 19.4 Å². The summed E-state index contributed by atoms with van der Waals surface area (Å²) in [4.78, 5) is 35.2. The largest absolute Gasteiger partial charge is 0.337 e. The number of rotatable bonds is 9. The summed E-state index contributed by atoms with van der Waals surface area (Å²) in [7, 11) is 0. The Morgan fingerprint density at radius 2 is 1.81 bits per heavy atom. The van der Waals surface area contributed by atoms with Crippen molar-refractivity contribution in [2.24, 2.45) is 5.92 Å². The van der Waals surface area contributed by atoms with Crippen LogP contribution in [-0.2, 0) is 16.1 Å². The molecule has 3 rings (SSSR count). The van der Waals surface area contributed by atoms with Crippen molar-refractivity contribution in [1.29, 1.82) is 0 Å². The van der Waals surface area contributed by atoms with Crippen LogP contribution in [0.15, 0.2) is 43.2 Å². The number of aryl methyl sites for hydroxylation is 1. The van der Waals surface area contributed by atoms with Crippen molar-refractivity contribution in [3.05, 3.63) is 48.8 Å². The zero-order chi connectivity index (χ0) is 18.4. The van der Waals surface area contributed by atoms with E-state index in [2.05, 4.69) is 16.9 Å². The van der Waals surface area contributed by atoms with Crippen molar-refractivity contribution in [3.63, 3.8) is 0 Å². The highest BCUT2D eigenvalue weighted by molar-refractivity contribution is 6.39. The van der Waals surface area contributed by atoms with Crippen molar-refractivity contribution < 1.29 is 9.59 Å². The first kappa shape index (κ1) is 18.3. The predicted octanol–water partition coefficient (Wildman–Crippen LogP) is 3.02. The average molecular weight is 354 g/mol. The van der Waals surface area contributed by atoms with Gasteiger partial charge in [0.1, 0.15) is 0 Å². The Morgan fingerprint density at radius 1 is 1.00 bits per heavy atom. The molecule has 2 unspecified atom stereocenters. The van der Waals surface area contributed by atoms with Crippen molar-refractivity contribution in [3.8, 4) is 0 Å². The minimum atomic E-state index is -0.334. The number of Topliss-reactive ketones (excluding diaryl/α,β-unsaturated/α-hetero) is 1. The summed E-state index contributed by atoms with van der Waals surface area (Å²) in [5, 5.41) is 0. The Bertz CT molecular complexity index is 715. The molecule has 1 amide bonds. The molecule has 138 valence electrons. The van der Waals surface area contributed by atoms with E-state index in [9.17, 15) is 9.59 Å². The SMILES string of the molecule is CCCCCC1C(=O)C(=O)N(CCCn2ccnc2)C1c1ccncc1. The van der Waals surface area contributed by atoms with Crippen molar-refractivity contribution in [2.75, 3.05) is 6.54 Å². The first-order valence-electron chi connectivity index (χ1n) is 9.43. The third kappa shape index (κ3) is 4.00. The van der Waals surface area contributed by atoms with Crippen LogP contribution in [0.4, 0.5) is 0 Å². The number of carbonyl (C=O) groups excluding carboxylic acids is 2. The zero-order valence-corrected chi connectivity index (χ0v) is 15.3. The van der Waals surface area contributed by atoms with Gasteiger partial charge in [0.05, 0.1) is 18.3 Å². The van der Waals surface area contributed by atoms with Gasteiger partial charge in [0.25, 0.3) is 5.91 Å². The number of hydrogen-bond acceptors (Lipinski definition) is 4. The maximum Gasteiger partial charge on any atom is 0.290 e. The van der Waals surface area contributed by atoms with Crippen LogP contribution in [0.1, 0.15) is 50.6 Å². The minimum absolute atomic E-state index is 0.169. The van der Waals surface area contributed by atoms with Gasteiger partial charge in [0.2, 0.25) is 5.78 Å². The van der Waals surface area contributed by atoms with E-state index in [1.807, 2.05) is 22.9 Å². The molecule has 1 fully saturated rings. The predicted molar refractivity (Wildman–Crippen MR) is 98.2 cm³/mol. The second kappa shape index (κ2) is 8.74. The molecule has 1 aliphatic heterocycles. The second-order valence-corrected chi connectivity index (χ2v) is 6.84. The van der Waals surface area contributed by atoms with Crippen LogP contribution in [0, 0.1) is 5.92 Å². The molecule has 6 nitrogen and oxygen atoms in total. The number of aromatic nitrogens is 3.